The first-order chi connectivity index (χ1) is 8.17. The van der Waals surface area contributed by atoms with Crippen molar-refractivity contribution >= 4 is 5.91 Å². The third-order valence-electron chi connectivity index (χ3n) is 2.82. The number of nitrogens with one attached hydrogen (secondary N) is 1. The van der Waals surface area contributed by atoms with Gasteiger partial charge in [0.15, 0.2) is 0 Å². The Hall–Kier alpha value is -1.39. The van der Waals surface area contributed by atoms with E-state index in [9.17, 15) is 4.79 Å². The van der Waals surface area contributed by atoms with Crippen LogP contribution in [-0.4, -0.2) is 12.5 Å². The highest BCUT2D eigenvalue weighted by Gasteiger charge is 2.03. The van der Waals surface area contributed by atoms with Gasteiger partial charge in [0.05, 0.1) is 6.61 Å². The number of benzene rings is 1. The Bertz CT molecular complexity index is 349. The molecule has 1 atom stereocenters. The fraction of sp³-hybridized carbons (Fsp3) is 0.462. The van der Waals surface area contributed by atoms with Crippen LogP contribution in [0.1, 0.15) is 37.3 Å². The van der Waals surface area contributed by atoms with Gasteiger partial charge in [-0.3, -0.25) is 10.2 Å². The lowest BCUT2D eigenvalue weighted by molar-refractivity contribution is -0.126. The Morgan fingerprint density at radius 2 is 2.06 bits per heavy atom. The maximum absolute atomic E-state index is 10.8. The van der Waals surface area contributed by atoms with E-state index in [-0.39, 0.29) is 12.5 Å². The molecule has 0 saturated carbocycles. The minimum absolute atomic E-state index is 0.0103. The molecule has 94 valence electrons. The van der Waals surface area contributed by atoms with E-state index in [1.54, 1.807) is 0 Å². The lowest BCUT2D eigenvalue weighted by atomic mass is 9.98. The summed E-state index contributed by atoms with van der Waals surface area (Å²) in [4.78, 5) is 10.8. The highest BCUT2D eigenvalue weighted by Crippen LogP contribution is 2.18. The highest BCUT2D eigenvalue weighted by molar-refractivity contribution is 5.76. The number of amides is 1. The Labute approximate surface area is 102 Å². The van der Waals surface area contributed by atoms with Gasteiger partial charge < -0.3 is 4.74 Å². The van der Waals surface area contributed by atoms with Crippen molar-refractivity contribution < 1.29 is 9.53 Å². The summed E-state index contributed by atoms with van der Waals surface area (Å²) in [5.41, 5.74) is 4.41. The minimum Gasteiger partial charge on any atom is -0.367 e. The summed E-state index contributed by atoms with van der Waals surface area (Å²) < 4.78 is 5.21. The highest BCUT2D eigenvalue weighted by atomic mass is 16.5. The van der Waals surface area contributed by atoms with Gasteiger partial charge in [-0.1, -0.05) is 38.1 Å². The van der Waals surface area contributed by atoms with Gasteiger partial charge in [-0.25, -0.2) is 5.84 Å². The summed E-state index contributed by atoms with van der Waals surface area (Å²) >= 11 is 0. The van der Waals surface area contributed by atoms with Crippen molar-refractivity contribution in [2.45, 2.75) is 32.8 Å². The number of hydrazine groups is 1. The van der Waals surface area contributed by atoms with Crippen LogP contribution >= 0.6 is 0 Å². The summed E-state index contributed by atoms with van der Waals surface area (Å²) in [5, 5.41) is 0. The molecule has 0 aliphatic rings. The number of hydrogen-bond donors (Lipinski definition) is 2. The zero-order valence-corrected chi connectivity index (χ0v) is 10.4. The molecule has 0 aromatic heterocycles. The molecule has 1 rings (SSSR count). The van der Waals surface area contributed by atoms with Crippen molar-refractivity contribution in [3.05, 3.63) is 35.4 Å². The molecule has 0 fully saturated rings. The van der Waals surface area contributed by atoms with Crippen LogP contribution in [0.3, 0.4) is 0 Å². The third kappa shape index (κ3) is 4.54. The number of carbonyl (C=O) groups excluding carboxylic acids is 1. The van der Waals surface area contributed by atoms with E-state index in [2.05, 4.69) is 26.0 Å². The lowest BCUT2D eigenvalue weighted by Gasteiger charge is -2.09. The molecule has 17 heavy (non-hydrogen) atoms. The topological polar surface area (TPSA) is 64.3 Å². The van der Waals surface area contributed by atoms with Crippen LogP contribution < -0.4 is 11.3 Å². The van der Waals surface area contributed by atoms with Crippen molar-refractivity contribution in [3.63, 3.8) is 0 Å². The Morgan fingerprint density at radius 3 is 2.59 bits per heavy atom. The first kappa shape index (κ1) is 13.7. The molecule has 0 aliphatic carbocycles. The van der Waals surface area contributed by atoms with Crippen LogP contribution in [0, 0.1) is 0 Å². The molecule has 0 saturated heterocycles. The summed E-state index contributed by atoms with van der Waals surface area (Å²) in [6.45, 7) is 4.79. The van der Waals surface area contributed by atoms with Crippen molar-refractivity contribution in [1.29, 1.82) is 0 Å². The first-order valence-electron chi connectivity index (χ1n) is 5.83. The van der Waals surface area contributed by atoms with Crippen molar-refractivity contribution in [2.24, 2.45) is 5.84 Å². The molecule has 4 nitrogen and oxygen atoms in total. The normalized spacial score (nSPS) is 12.2. The average Bonchev–Trinajstić information content (AvgIpc) is 2.38. The standard InChI is InChI=1S/C13H20N2O2/c1-3-10(2)12-6-4-11(5-7-12)8-17-9-13(16)15-14/h4-7,10H,3,8-9,14H2,1-2H3,(H,15,16). The smallest absolute Gasteiger partial charge is 0.259 e. The number of ether oxygens (including phenoxy) is 1. The van der Waals surface area contributed by atoms with Gasteiger partial charge in [-0.05, 0) is 23.5 Å². The molecule has 0 heterocycles. The van der Waals surface area contributed by atoms with Gasteiger partial charge in [-0.15, -0.1) is 0 Å². The van der Waals surface area contributed by atoms with Crippen molar-refractivity contribution in [3.8, 4) is 0 Å². The van der Waals surface area contributed by atoms with Gasteiger partial charge in [0.2, 0.25) is 0 Å². The largest absolute Gasteiger partial charge is 0.367 e. The number of carbonyl (C=O) groups is 1. The summed E-state index contributed by atoms with van der Waals surface area (Å²) in [6.07, 6.45) is 1.13. The molecule has 0 bridgehead atoms. The van der Waals surface area contributed by atoms with E-state index in [1.807, 2.05) is 17.6 Å². The summed E-state index contributed by atoms with van der Waals surface area (Å²) in [7, 11) is 0. The quantitative estimate of drug-likeness (QED) is 0.449. The van der Waals surface area contributed by atoms with E-state index in [0.29, 0.717) is 12.5 Å². The van der Waals surface area contributed by atoms with E-state index in [4.69, 9.17) is 10.6 Å². The van der Waals surface area contributed by atoms with Gasteiger partial charge in [0.1, 0.15) is 6.61 Å². The predicted molar refractivity (Wildman–Crippen MR) is 67.1 cm³/mol. The Morgan fingerprint density at radius 1 is 1.41 bits per heavy atom. The summed E-state index contributed by atoms with van der Waals surface area (Å²) in [5.74, 6) is 5.20. The summed E-state index contributed by atoms with van der Waals surface area (Å²) in [6, 6.07) is 8.27. The van der Waals surface area contributed by atoms with Crippen LogP contribution in [0.4, 0.5) is 0 Å². The molecule has 1 unspecified atom stereocenters. The number of nitrogens with two attached hydrogens (primary N) is 1. The van der Waals surface area contributed by atoms with Crippen LogP contribution in [-0.2, 0) is 16.1 Å². The van der Waals surface area contributed by atoms with Gasteiger partial charge in [-0.2, -0.15) is 0 Å². The molecule has 0 radical (unpaired) electrons. The minimum atomic E-state index is -0.318. The van der Waals surface area contributed by atoms with Gasteiger partial charge in [0.25, 0.3) is 5.91 Å². The van der Waals surface area contributed by atoms with Crippen LogP contribution in [0.5, 0.6) is 0 Å². The second-order valence-electron chi connectivity index (χ2n) is 4.11. The second kappa shape index (κ2) is 7.04. The van der Waals surface area contributed by atoms with Crippen LogP contribution in [0.25, 0.3) is 0 Å². The van der Waals surface area contributed by atoms with E-state index < -0.39 is 0 Å². The van der Waals surface area contributed by atoms with Gasteiger partial charge >= 0.3 is 0 Å². The molecule has 1 aromatic rings. The number of hydrogen-bond acceptors (Lipinski definition) is 3. The monoisotopic (exact) mass is 236 g/mol. The van der Waals surface area contributed by atoms with Crippen molar-refractivity contribution in [1.82, 2.24) is 5.43 Å². The second-order valence-corrected chi connectivity index (χ2v) is 4.11. The Kier molecular flexibility index (Phi) is 5.66. The van der Waals surface area contributed by atoms with E-state index in [0.717, 1.165) is 12.0 Å². The lowest BCUT2D eigenvalue weighted by Crippen LogP contribution is -2.33. The third-order valence-corrected chi connectivity index (χ3v) is 2.82. The molecule has 0 spiro atoms. The average molecular weight is 236 g/mol. The molecule has 0 aliphatic heterocycles. The molecule has 1 amide bonds. The zero-order chi connectivity index (χ0) is 12.7. The predicted octanol–water partition coefficient (Wildman–Crippen LogP) is 1.71. The zero-order valence-electron chi connectivity index (χ0n) is 10.4. The van der Waals surface area contributed by atoms with Gasteiger partial charge in [0, 0.05) is 0 Å². The SMILES string of the molecule is CCC(C)c1ccc(COCC(=O)NN)cc1. The molecular weight excluding hydrogens is 216 g/mol. The maximum atomic E-state index is 10.8. The first-order valence-corrected chi connectivity index (χ1v) is 5.83. The molecule has 4 heteroatoms. The van der Waals surface area contributed by atoms with Crippen LogP contribution in [0.2, 0.25) is 0 Å². The van der Waals surface area contributed by atoms with Crippen molar-refractivity contribution in [2.75, 3.05) is 6.61 Å². The number of rotatable bonds is 6. The Balaban J connectivity index is 2.43. The maximum Gasteiger partial charge on any atom is 0.259 e. The fourth-order valence-electron chi connectivity index (χ4n) is 1.48. The molecule has 3 N–H and O–H groups in total. The van der Waals surface area contributed by atoms with E-state index >= 15 is 0 Å². The van der Waals surface area contributed by atoms with Crippen LogP contribution in [0.15, 0.2) is 24.3 Å². The molecular formula is C13H20N2O2. The molecule has 1 aromatic carbocycles. The fourth-order valence-corrected chi connectivity index (χ4v) is 1.48. The van der Waals surface area contributed by atoms with E-state index in [1.165, 1.54) is 5.56 Å².